The van der Waals surface area contributed by atoms with Crippen LogP contribution in [0.15, 0.2) is 0 Å². The van der Waals surface area contributed by atoms with Crippen LogP contribution in [0.3, 0.4) is 0 Å². The third kappa shape index (κ3) is 3.57. The fraction of sp³-hybridized carbons (Fsp3) is 0.800. The van der Waals surface area contributed by atoms with E-state index in [4.69, 9.17) is 0 Å². The van der Waals surface area contributed by atoms with E-state index in [9.17, 15) is 9.59 Å². The highest BCUT2D eigenvalue weighted by atomic mass is 16.5. The van der Waals surface area contributed by atoms with Gasteiger partial charge in [-0.2, -0.15) is 0 Å². The maximum absolute atomic E-state index is 11.3. The zero-order valence-electron chi connectivity index (χ0n) is 8.21. The fourth-order valence-electron chi connectivity index (χ4n) is 1.50. The summed E-state index contributed by atoms with van der Waals surface area (Å²) in [5.74, 6) is 0.748. The number of esters is 1. The lowest BCUT2D eigenvalue weighted by Crippen LogP contribution is -2.13. The number of carbonyl (C=O) groups excluding carboxylic acids is 2. The lowest BCUT2D eigenvalue weighted by atomic mass is 9.98. The van der Waals surface area contributed by atoms with Gasteiger partial charge >= 0.3 is 5.97 Å². The van der Waals surface area contributed by atoms with E-state index < -0.39 is 5.97 Å². The summed E-state index contributed by atoms with van der Waals surface area (Å²) in [4.78, 5) is 22.0. The molecule has 1 rings (SSSR count). The molecule has 0 aromatic carbocycles. The van der Waals surface area contributed by atoms with E-state index in [-0.39, 0.29) is 12.2 Å². The van der Waals surface area contributed by atoms with Gasteiger partial charge in [0, 0.05) is 6.42 Å². The summed E-state index contributed by atoms with van der Waals surface area (Å²) in [5, 5.41) is 0. The Morgan fingerprint density at radius 1 is 1.46 bits per heavy atom. The van der Waals surface area contributed by atoms with Crippen molar-refractivity contribution in [3.8, 4) is 0 Å². The first-order valence-corrected chi connectivity index (χ1v) is 4.72. The Kier molecular flexibility index (Phi) is 3.46. The lowest BCUT2D eigenvalue weighted by molar-refractivity contribution is -0.143. The summed E-state index contributed by atoms with van der Waals surface area (Å²) < 4.78 is 4.42. The van der Waals surface area contributed by atoms with Crippen molar-refractivity contribution in [2.45, 2.75) is 32.6 Å². The van der Waals surface area contributed by atoms with Crippen molar-refractivity contribution in [1.29, 1.82) is 0 Å². The van der Waals surface area contributed by atoms with Crippen LogP contribution in [0.4, 0.5) is 0 Å². The molecule has 13 heavy (non-hydrogen) atoms. The number of hydrogen-bond donors (Lipinski definition) is 0. The Labute approximate surface area is 78.5 Å². The third-order valence-corrected chi connectivity index (χ3v) is 2.55. The summed E-state index contributed by atoms with van der Waals surface area (Å²) in [6.07, 6.45) is 2.95. The molecule has 0 N–H and O–H groups in total. The van der Waals surface area contributed by atoms with Crippen molar-refractivity contribution in [3.05, 3.63) is 0 Å². The molecule has 0 radical (unpaired) electrons. The Morgan fingerprint density at radius 3 is 2.54 bits per heavy atom. The maximum Gasteiger partial charge on any atom is 0.313 e. The number of ether oxygens (including phenoxy) is 1. The van der Waals surface area contributed by atoms with Gasteiger partial charge in [0.25, 0.3) is 0 Å². The van der Waals surface area contributed by atoms with Crippen molar-refractivity contribution >= 4 is 11.8 Å². The highest BCUT2D eigenvalue weighted by Gasteiger charge is 2.29. The van der Waals surface area contributed by atoms with Gasteiger partial charge in [0.1, 0.15) is 12.2 Å². The van der Waals surface area contributed by atoms with Gasteiger partial charge in [0.2, 0.25) is 0 Å². The minimum absolute atomic E-state index is 0.00579. The molecule has 1 aliphatic carbocycles. The minimum Gasteiger partial charge on any atom is -0.469 e. The van der Waals surface area contributed by atoms with Crippen LogP contribution in [0.25, 0.3) is 0 Å². The Hall–Kier alpha value is -0.860. The molecule has 3 nitrogen and oxygen atoms in total. The Bertz CT molecular complexity index is 206. The second-order valence-electron chi connectivity index (χ2n) is 3.81. The smallest absolute Gasteiger partial charge is 0.313 e. The summed E-state index contributed by atoms with van der Waals surface area (Å²) in [6, 6.07) is 0. The van der Waals surface area contributed by atoms with Crippen molar-refractivity contribution in [1.82, 2.24) is 0 Å². The lowest BCUT2D eigenvalue weighted by Gasteiger charge is -2.07. The van der Waals surface area contributed by atoms with Crippen molar-refractivity contribution in [2.24, 2.45) is 11.8 Å². The number of Topliss-reactive ketones (excluding diaryl/α,β-unsaturated/α-hetero) is 1. The number of carbonyl (C=O) groups is 2. The van der Waals surface area contributed by atoms with Gasteiger partial charge in [-0.1, -0.05) is 6.92 Å². The number of hydrogen-bond acceptors (Lipinski definition) is 3. The summed E-state index contributed by atoms with van der Waals surface area (Å²) in [5.41, 5.74) is 0. The van der Waals surface area contributed by atoms with E-state index in [2.05, 4.69) is 11.7 Å². The number of methoxy groups -OCH3 is 1. The van der Waals surface area contributed by atoms with Crippen LogP contribution in [0.2, 0.25) is 0 Å². The molecule has 3 heteroatoms. The van der Waals surface area contributed by atoms with Crippen LogP contribution in [-0.4, -0.2) is 18.9 Å². The second-order valence-corrected chi connectivity index (χ2v) is 3.81. The molecule has 1 fully saturated rings. The first kappa shape index (κ1) is 10.2. The molecule has 0 aliphatic heterocycles. The largest absolute Gasteiger partial charge is 0.469 e. The fourth-order valence-corrected chi connectivity index (χ4v) is 1.50. The number of rotatable bonds is 5. The highest BCUT2D eigenvalue weighted by Crippen LogP contribution is 2.38. The van der Waals surface area contributed by atoms with Gasteiger partial charge < -0.3 is 4.74 Å². The molecule has 0 aromatic heterocycles. The van der Waals surface area contributed by atoms with Crippen molar-refractivity contribution in [2.75, 3.05) is 7.11 Å². The molecule has 0 spiro atoms. The van der Waals surface area contributed by atoms with Gasteiger partial charge in [-0.25, -0.2) is 0 Å². The molecule has 0 aromatic rings. The zero-order chi connectivity index (χ0) is 9.84. The van der Waals surface area contributed by atoms with Crippen molar-refractivity contribution < 1.29 is 14.3 Å². The van der Waals surface area contributed by atoms with Crippen LogP contribution in [0, 0.1) is 11.8 Å². The van der Waals surface area contributed by atoms with E-state index in [1.165, 1.54) is 20.0 Å². The molecule has 1 saturated carbocycles. The topological polar surface area (TPSA) is 43.4 Å². The molecule has 1 aliphatic rings. The maximum atomic E-state index is 11.3. The average Bonchev–Trinajstić information content (AvgIpc) is 2.85. The second kappa shape index (κ2) is 4.40. The third-order valence-electron chi connectivity index (χ3n) is 2.55. The van der Waals surface area contributed by atoms with Crippen molar-refractivity contribution in [3.63, 3.8) is 0 Å². The quantitative estimate of drug-likeness (QED) is 0.481. The molecule has 74 valence electrons. The highest BCUT2D eigenvalue weighted by molar-refractivity contribution is 5.95. The SMILES string of the molecule is COC(=O)CC(=O)CC(C)C1CC1. The normalized spacial score (nSPS) is 18.0. The predicted molar refractivity (Wildman–Crippen MR) is 48.1 cm³/mol. The van der Waals surface area contributed by atoms with Gasteiger partial charge in [-0.3, -0.25) is 9.59 Å². The molecule has 1 unspecified atom stereocenters. The Morgan fingerprint density at radius 2 is 2.08 bits per heavy atom. The first-order valence-electron chi connectivity index (χ1n) is 4.72. The summed E-state index contributed by atoms with van der Waals surface area (Å²) in [6.45, 7) is 2.08. The van der Waals surface area contributed by atoms with E-state index >= 15 is 0 Å². The molecule has 0 heterocycles. The summed E-state index contributed by atoms with van der Waals surface area (Å²) >= 11 is 0. The molecular weight excluding hydrogens is 168 g/mol. The van der Waals surface area contributed by atoms with E-state index in [1.807, 2.05) is 0 Å². The van der Waals surface area contributed by atoms with E-state index in [1.54, 1.807) is 0 Å². The molecule has 0 bridgehead atoms. The van der Waals surface area contributed by atoms with Gasteiger partial charge in [0.05, 0.1) is 7.11 Å². The summed E-state index contributed by atoms with van der Waals surface area (Å²) in [7, 11) is 1.31. The van der Waals surface area contributed by atoms with Gasteiger partial charge in [0.15, 0.2) is 0 Å². The monoisotopic (exact) mass is 184 g/mol. The minimum atomic E-state index is -0.423. The predicted octanol–water partition coefficient (Wildman–Crippen LogP) is 1.55. The van der Waals surface area contributed by atoms with Crippen LogP contribution in [0.1, 0.15) is 32.6 Å². The Balaban J connectivity index is 2.19. The van der Waals surface area contributed by atoms with Crippen LogP contribution in [0.5, 0.6) is 0 Å². The van der Waals surface area contributed by atoms with E-state index in [0.717, 1.165) is 5.92 Å². The van der Waals surface area contributed by atoms with Crippen LogP contribution < -0.4 is 0 Å². The first-order chi connectivity index (χ1) is 6.13. The van der Waals surface area contributed by atoms with Gasteiger partial charge in [-0.15, -0.1) is 0 Å². The average molecular weight is 184 g/mol. The zero-order valence-corrected chi connectivity index (χ0v) is 8.21. The van der Waals surface area contributed by atoms with Crippen LogP contribution in [-0.2, 0) is 14.3 Å². The molecule has 0 amide bonds. The molecular formula is C10H16O3. The van der Waals surface area contributed by atoms with Crippen LogP contribution >= 0.6 is 0 Å². The molecule has 1 atom stereocenters. The van der Waals surface area contributed by atoms with Gasteiger partial charge in [-0.05, 0) is 24.7 Å². The standard InChI is InChI=1S/C10H16O3/c1-7(8-3-4-8)5-9(11)6-10(12)13-2/h7-8H,3-6H2,1-2H3. The molecule has 0 saturated heterocycles. The number of ketones is 1. The van der Waals surface area contributed by atoms with E-state index in [0.29, 0.717) is 12.3 Å².